The van der Waals surface area contributed by atoms with Crippen LogP contribution in [0.25, 0.3) is 0 Å². The van der Waals surface area contributed by atoms with Gasteiger partial charge in [0.25, 0.3) is 0 Å². The van der Waals surface area contributed by atoms with Crippen molar-refractivity contribution in [1.82, 2.24) is 9.78 Å². The maximum Gasteiger partial charge on any atom is 0.0694 e. The molecule has 0 fully saturated rings. The highest BCUT2D eigenvalue weighted by molar-refractivity contribution is 6.31. The first-order valence-electron chi connectivity index (χ1n) is 4.27. The first-order valence-corrected chi connectivity index (χ1v) is 4.65. The van der Waals surface area contributed by atoms with E-state index >= 15 is 0 Å². The second kappa shape index (κ2) is 3.72. The monoisotopic (exact) mass is 207 g/mol. The second-order valence-electron chi connectivity index (χ2n) is 3.01. The van der Waals surface area contributed by atoms with Gasteiger partial charge in [-0.3, -0.25) is 4.68 Å². The zero-order valence-corrected chi connectivity index (χ0v) is 8.28. The lowest BCUT2D eigenvalue weighted by atomic mass is 10.2. The highest BCUT2D eigenvalue weighted by Gasteiger charge is 2.04. The molecular weight excluding hydrogens is 198 g/mol. The van der Waals surface area contributed by atoms with Crippen molar-refractivity contribution in [2.45, 2.75) is 6.54 Å². The lowest BCUT2D eigenvalue weighted by Gasteiger charge is -2.07. The molecule has 2 N–H and O–H groups in total. The van der Waals surface area contributed by atoms with Crippen molar-refractivity contribution in [3.63, 3.8) is 0 Å². The highest BCUT2D eigenvalue weighted by atomic mass is 35.5. The van der Waals surface area contributed by atoms with E-state index < -0.39 is 0 Å². The molecule has 1 heterocycles. The molecule has 0 aliphatic carbocycles. The topological polar surface area (TPSA) is 43.8 Å². The van der Waals surface area contributed by atoms with Crippen molar-refractivity contribution in [3.05, 3.63) is 47.2 Å². The Bertz CT molecular complexity index is 403. The number of aromatic nitrogens is 2. The molecule has 0 saturated heterocycles. The van der Waals surface area contributed by atoms with Crippen LogP contribution in [0.2, 0.25) is 5.02 Å². The minimum atomic E-state index is 0.610. The van der Waals surface area contributed by atoms with Gasteiger partial charge in [0.1, 0.15) is 0 Å². The third kappa shape index (κ3) is 1.72. The molecule has 0 saturated carbocycles. The van der Waals surface area contributed by atoms with Crippen LogP contribution < -0.4 is 5.73 Å². The van der Waals surface area contributed by atoms with E-state index in [9.17, 15) is 0 Å². The minimum Gasteiger partial charge on any atom is -0.398 e. The summed E-state index contributed by atoms with van der Waals surface area (Å²) in [6.45, 7) is 0.610. The van der Waals surface area contributed by atoms with Gasteiger partial charge >= 0.3 is 0 Å². The van der Waals surface area contributed by atoms with E-state index in [0.29, 0.717) is 17.3 Å². The normalized spacial score (nSPS) is 10.4. The Morgan fingerprint density at radius 3 is 2.86 bits per heavy atom. The number of benzene rings is 1. The van der Waals surface area contributed by atoms with Crippen LogP contribution in [-0.2, 0) is 6.54 Å². The molecule has 72 valence electrons. The number of hydrogen-bond acceptors (Lipinski definition) is 2. The average Bonchev–Trinajstić information content (AvgIpc) is 2.64. The molecule has 3 nitrogen and oxygen atoms in total. The van der Waals surface area contributed by atoms with Gasteiger partial charge in [-0.2, -0.15) is 5.10 Å². The van der Waals surface area contributed by atoms with Crippen LogP contribution in [0.4, 0.5) is 5.69 Å². The van der Waals surface area contributed by atoms with Crippen molar-refractivity contribution in [3.8, 4) is 0 Å². The van der Waals surface area contributed by atoms with Gasteiger partial charge in [-0.1, -0.05) is 17.7 Å². The third-order valence-electron chi connectivity index (χ3n) is 2.03. The number of rotatable bonds is 2. The fourth-order valence-electron chi connectivity index (χ4n) is 1.30. The van der Waals surface area contributed by atoms with Crippen molar-refractivity contribution >= 4 is 17.3 Å². The number of nitrogens with zero attached hydrogens (tertiary/aromatic N) is 2. The fraction of sp³-hybridized carbons (Fsp3) is 0.100. The molecule has 4 heteroatoms. The van der Waals surface area contributed by atoms with Gasteiger partial charge < -0.3 is 5.73 Å². The van der Waals surface area contributed by atoms with Gasteiger partial charge in [-0.25, -0.2) is 0 Å². The Labute approximate surface area is 87.1 Å². The molecule has 0 amide bonds. The van der Waals surface area contributed by atoms with Crippen molar-refractivity contribution < 1.29 is 0 Å². The number of anilines is 1. The predicted octanol–water partition coefficient (Wildman–Crippen LogP) is 2.17. The van der Waals surface area contributed by atoms with Gasteiger partial charge in [0, 0.05) is 28.7 Å². The average molecular weight is 208 g/mol. The van der Waals surface area contributed by atoms with E-state index in [4.69, 9.17) is 17.3 Å². The molecule has 1 aromatic carbocycles. The summed E-state index contributed by atoms with van der Waals surface area (Å²) in [6.07, 6.45) is 3.61. The molecule has 0 spiro atoms. The Kier molecular flexibility index (Phi) is 2.41. The van der Waals surface area contributed by atoms with E-state index in [1.165, 1.54) is 0 Å². The van der Waals surface area contributed by atoms with Crippen molar-refractivity contribution in [2.75, 3.05) is 5.73 Å². The highest BCUT2D eigenvalue weighted by Crippen LogP contribution is 2.22. The summed E-state index contributed by atoms with van der Waals surface area (Å²) in [5, 5.41) is 4.78. The lowest BCUT2D eigenvalue weighted by molar-refractivity contribution is 0.688. The van der Waals surface area contributed by atoms with E-state index in [-0.39, 0.29) is 0 Å². The molecule has 14 heavy (non-hydrogen) atoms. The van der Waals surface area contributed by atoms with E-state index in [1.807, 2.05) is 30.5 Å². The molecular formula is C10H10ClN3. The van der Waals surface area contributed by atoms with Crippen LogP contribution in [0.1, 0.15) is 5.56 Å². The fourth-order valence-corrected chi connectivity index (χ4v) is 1.54. The predicted molar refractivity (Wildman–Crippen MR) is 57.2 cm³/mol. The van der Waals surface area contributed by atoms with Crippen LogP contribution in [-0.4, -0.2) is 9.78 Å². The molecule has 0 atom stereocenters. The van der Waals surface area contributed by atoms with Gasteiger partial charge in [-0.15, -0.1) is 0 Å². The van der Waals surface area contributed by atoms with E-state index in [2.05, 4.69) is 5.10 Å². The molecule has 0 bridgehead atoms. The quantitative estimate of drug-likeness (QED) is 0.767. The number of halogens is 1. The minimum absolute atomic E-state index is 0.610. The summed E-state index contributed by atoms with van der Waals surface area (Å²) in [4.78, 5) is 0. The van der Waals surface area contributed by atoms with E-state index in [0.717, 1.165) is 5.56 Å². The maximum absolute atomic E-state index is 6.03. The van der Waals surface area contributed by atoms with Gasteiger partial charge in [0.15, 0.2) is 0 Å². The maximum atomic E-state index is 6.03. The van der Waals surface area contributed by atoms with Crippen molar-refractivity contribution in [2.24, 2.45) is 0 Å². The number of nitrogen functional groups attached to an aromatic ring is 1. The number of nitrogens with two attached hydrogens (primary N) is 1. The first kappa shape index (κ1) is 9.09. The smallest absolute Gasteiger partial charge is 0.0694 e. The summed E-state index contributed by atoms with van der Waals surface area (Å²) in [5.41, 5.74) is 7.43. The van der Waals surface area contributed by atoms with Gasteiger partial charge in [-0.05, 0) is 18.2 Å². The largest absolute Gasteiger partial charge is 0.398 e. The van der Waals surface area contributed by atoms with Gasteiger partial charge in [0.05, 0.1) is 6.54 Å². The third-order valence-corrected chi connectivity index (χ3v) is 2.39. The van der Waals surface area contributed by atoms with Crippen LogP contribution in [0, 0.1) is 0 Å². The van der Waals surface area contributed by atoms with E-state index in [1.54, 1.807) is 10.9 Å². The number of hydrogen-bond donors (Lipinski definition) is 1. The Morgan fingerprint density at radius 2 is 2.21 bits per heavy atom. The Morgan fingerprint density at radius 1 is 1.36 bits per heavy atom. The molecule has 0 radical (unpaired) electrons. The van der Waals surface area contributed by atoms with Crippen LogP contribution >= 0.6 is 11.6 Å². The summed E-state index contributed by atoms with van der Waals surface area (Å²) >= 11 is 6.03. The zero-order valence-electron chi connectivity index (χ0n) is 7.52. The molecule has 0 aliphatic heterocycles. The van der Waals surface area contributed by atoms with Crippen molar-refractivity contribution in [1.29, 1.82) is 0 Å². The lowest BCUT2D eigenvalue weighted by Crippen LogP contribution is -2.03. The molecule has 0 unspecified atom stereocenters. The molecule has 2 aromatic rings. The summed E-state index contributed by atoms with van der Waals surface area (Å²) in [6, 6.07) is 7.37. The van der Waals surface area contributed by atoms with Crippen LogP contribution in [0.3, 0.4) is 0 Å². The summed E-state index contributed by atoms with van der Waals surface area (Å²) in [7, 11) is 0. The zero-order chi connectivity index (χ0) is 9.97. The Hall–Kier alpha value is -1.48. The van der Waals surface area contributed by atoms with Crippen LogP contribution in [0.5, 0.6) is 0 Å². The summed E-state index contributed by atoms with van der Waals surface area (Å²) < 4.78 is 1.79. The second-order valence-corrected chi connectivity index (χ2v) is 3.42. The van der Waals surface area contributed by atoms with Gasteiger partial charge in [0.2, 0.25) is 0 Å². The molecule has 1 aromatic heterocycles. The first-order chi connectivity index (χ1) is 6.77. The molecule has 0 aliphatic rings. The van der Waals surface area contributed by atoms with Crippen LogP contribution in [0.15, 0.2) is 36.7 Å². The standard InChI is InChI=1S/C10H10ClN3/c11-9-3-1-4-10(12)8(9)7-14-6-2-5-13-14/h1-6H,7,12H2. The SMILES string of the molecule is Nc1cccc(Cl)c1Cn1cccn1. The Balaban J connectivity index is 2.33. The molecule has 2 rings (SSSR count). The summed E-state index contributed by atoms with van der Waals surface area (Å²) in [5.74, 6) is 0.